The number of nitrogens with zero attached hydrogens (tertiary/aromatic N) is 2. The maximum atomic E-state index is 12.8. The molecule has 1 saturated heterocycles. The molecule has 0 saturated carbocycles. The van der Waals surface area contributed by atoms with Crippen LogP contribution in [0.5, 0.6) is 5.75 Å². The number of hydrogen-bond acceptors (Lipinski definition) is 7. The van der Waals surface area contributed by atoms with Gasteiger partial charge in [-0.1, -0.05) is 30.0 Å². The van der Waals surface area contributed by atoms with E-state index >= 15 is 0 Å². The van der Waals surface area contributed by atoms with Crippen LogP contribution in [0.2, 0.25) is 0 Å². The van der Waals surface area contributed by atoms with Crippen LogP contribution in [0.3, 0.4) is 0 Å². The molecule has 0 radical (unpaired) electrons. The molecule has 1 atom stereocenters. The van der Waals surface area contributed by atoms with Crippen LogP contribution in [0.15, 0.2) is 36.4 Å². The summed E-state index contributed by atoms with van der Waals surface area (Å²) in [5.74, 6) is 0.145. The number of nitro benzene ring substituents is 1. The molecule has 0 aliphatic carbocycles. The minimum Gasteiger partial charge on any atom is -0.495 e. The van der Waals surface area contributed by atoms with Crippen LogP contribution in [-0.2, 0) is 29.0 Å². The fourth-order valence-electron chi connectivity index (χ4n) is 3.88. The summed E-state index contributed by atoms with van der Waals surface area (Å²) in [6.45, 7) is 0.237. The fraction of sp³-hybridized carbons (Fsp3) is 0.286. The van der Waals surface area contributed by atoms with Crippen LogP contribution in [0, 0.1) is 10.1 Å². The van der Waals surface area contributed by atoms with Crippen LogP contribution in [0.1, 0.15) is 23.1 Å². The van der Waals surface area contributed by atoms with Crippen molar-refractivity contribution in [1.29, 1.82) is 0 Å². The zero-order chi connectivity index (χ0) is 22.1. The Bertz CT molecular complexity index is 1090. The van der Waals surface area contributed by atoms with Crippen molar-refractivity contribution >= 4 is 40.2 Å². The first-order valence-electron chi connectivity index (χ1n) is 9.61. The zero-order valence-corrected chi connectivity index (χ0v) is 17.4. The first-order chi connectivity index (χ1) is 14.9. The van der Waals surface area contributed by atoms with Crippen molar-refractivity contribution in [1.82, 2.24) is 5.32 Å². The second kappa shape index (κ2) is 8.38. The number of nitro groups is 1. The highest BCUT2D eigenvalue weighted by atomic mass is 32.2. The van der Waals surface area contributed by atoms with Crippen molar-refractivity contribution in [3.63, 3.8) is 0 Å². The minimum absolute atomic E-state index is 0.0177. The van der Waals surface area contributed by atoms with Gasteiger partial charge in [-0.3, -0.25) is 29.8 Å². The van der Waals surface area contributed by atoms with Gasteiger partial charge in [0.15, 0.2) is 0 Å². The van der Waals surface area contributed by atoms with Crippen LogP contribution in [-0.4, -0.2) is 34.3 Å². The van der Waals surface area contributed by atoms with Crippen molar-refractivity contribution in [2.75, 3.05) is 12.0 Å². The molecule has 10 heteroatoms. The second-order valence-corrected chi connectivity index (χ2v) is 8.42. The lowest BCUT2D eigenvalue weighted by Crippen LogP contribution is -2.35. The highest BCUT2D eigenvalue weighted by Crippen LogP contribution is 2.41. The van der Waals surface area contributed by atoms with Crippen molar-refractivity contribution < 1.29 is 24.0 Å². The van der Waals surface area contributed by atoms with Gasteiger partial charge in [0.2, 0.25) is 11.8 Å². The third-order valence-electron chi connectivity index (χ3n) is 5.38. The molecular formula is C21H19N3O6S. The summed E-state index contributed by atoms with van der Waals surface area (Å²) in [4.78, 5) is 48.4. The number of thioether (sulfide) groups is 1. The lowest BCUT2D eigenvalue weighted by Gasteiger charge is -2.32. The summed E-state index contributed by atoms with van der Waals surface area (Å²) in [5, 5.41) is 12.3. The average Bonchev–Trinajstić information content (AvgIpc) is 3.07. The number of fused-ring (bicyclic) bond motifs is 1. The Hall–Kier alpha value is -3.40. The number of amides is 3. The van der Waals surface area contributed by atoms with Crippen molar-refractivity contribution in [3.8, 4) is 5.75 Å². The Morgan fingerprint density at radius 2 is 1.90 bits per heavy atom. The lowest BCUT2D eigenvalue weighted by molar-refractivity contribution is -0.384. The Kier molecular flexibility index (Phi) is 5.64. The number of carbonyl (C=O) groups excluding carboxylic acids is 3. The number of imide groups is 1. The molecule has 1 unspecified atom stereocenters. The van der Waals surface area contributed by atoms with Gasteiger partial charge >= 0.3 is 0 Å². The first kappa shape index (κ1) is 20.9. The molecule has 2 aromatic rings. The molecule has 2 aromatic carbocycles. The third-order valence-corrected chi connectivity index (χ3v) is 6.36. The Labute approximate surface area is 181 Å². The number of hydrogen-bond donors (Lipinski definition) is 1. The van der Waals surface area contributed by atoms with Crippen molar-refractivity contribution in [3.05, 3.63) is 63.2 Å². The second-order valence-electron chi connectivity index (χ2n) is 7.24. The van der Waals surface area contributed by atoms with E-state index in [0.29, 0.717) is 30.7 Å². The standard InChI is InChI=1S/C21H19N3O6S/c1-30-16-8-4-13(10-17-20(26)22-21(27)31-17)15-7-9-18(25)23(19(15)16)11-12-2-5-14(6-3-12)24(28)29/h2-6,8,17H,7,9-11H2,1H3,(H,22,26,27). The molecule has 9 nitrogen and oxygen atoms in total. The van der Waals surface area contributed by atoms with Gasteiger partial charge in [0.05, 0.1) is 29.5 Å². The zero-order valence-electron chi connectivity index (χ0n) is 16.6. The van der Waals surface area contributed by atoms with Crippen molar-refractivity contribution in [2.24, 2.45) is 0 Å². The van der Waals surface area contributed by atoms with Gasteiger partial charge in [-0.05, 0) is 35.6 Å². The Morgan fingerprint density at radius 1 is 1.16 bits per heavy atom. The number of anilines is 1. The first-order valence-corrected chi connectivity index (χ1v) is 10.5. The number of benzene rings is 2. The largest absolute Gasteiger partial charge is 0.495 e. The SMILES string of the molecule is COc1ccc(CC2SC(=O)NC2=O)c2c1N(Cc1ccc([N+](=O)[O-])cc1)C(=O)CC2. The molecule has 3 amide bonds. The lowest BCUT2D eigenvalue weighted by atomic mass is 9.92. The van der Waals surface area contributed by atoms with E-state index in [9.17, 15) is 24.5 Å². The minimum atomic E-state index is -0.509. The maximum absolute atomic E-state index is 12.8. The number of nitrogens with one attached hydrogen (secondary N) is 1. The monoisotopic (exact) mass is 441 g/mol. The van der Waals surface area contributed by atoms with Gasteiger partial charge in [0.25, 0.3) is 10.9 Å². The molecule has 0 bridgehead atoms. The van der Waals surface area contributed by atoms with Gasteiger partial charge in [0, 0.05) is 18.6 Å². The van der Waals surface area contributed by atoms with Gasteiger partial charge in [-0.2, -0.15) is 0 Å². The number of rotatable bonds is 6. The smallest absolute Gasteiger partial charge is 0.286 e. The van der Waals surface area contributed by atoms with Gasteiger partial charge in [-0.15, -0.1) is 0 Å². The Morgan fingerprint density at radius 3 is 2.52 bits per heavy atom. The molecule has 2 aliphatic rings. The highest BCUT2D eigenvalue weighted by molar-refractivity contribution is 8.15. The topological polar surface area (TPSA) is 119 Å². The molecule has 4 rings (SSSR count). The van der Waals surface area contributed by atoms with E-state index in [1.807, 2.05) is 6.07 Å². The van der Waals surface area contributed by atoms with E-state index in [1.54, 1.807) is 23.1 Å². The van der Waals surface area contributed by atoms with Crippen LogP contribution in [0.25, 0.3) is 0 Å². The molecule has 0 spiro atoms. The average molecular weight is 441 g/mol. The quantitative estimate of drug-likeness (QED) is 0.541. The van der Waals surface area contributed by atoms with Gasteiger partial charge in [0.1, 0.15) is 5.75 Å². The number of methoxy groups -OCH3 is 1. The summed E-state index contributed by atoms with van der Waals surface area (Å²) in [6, 6.07) is 9.70. The molecule has 1 fully saturated rings. The molecule has 31 heavy (non-hydrogen) atoms. The molecule has 2 aliphatic heterocycles. The van der Waals surface area contributed by atoms with E-state index in [4.69, 9.17) is 4.74 Å². The normalized spacial score (nSPS) is 18.0. The summed E-state index contributed by atoms with van der Waals surface area (Å²) in [7, 11) is 1.53. The van der Waals surface area contributed by atoms with E-state index in [-0.39, 0.29) is 29.3 Å². The molecule has 160 valence electrons. The number of ether oxygens (including phenoxy) is 1. The molecule has 0 aromatic heterocycles. The molecular weight excluding hydrogens is 422 g/mol. The van der Waals surface area contributed by atoms with Crippen LogP contribution in [0.4, 0.5) is 16.2 Å². The molecule has 1 N–H and O–H groups in total. The number of carbonyl (C=O) groups is 3. The maximum Gasteiger partial charge on any atom is 0.286 e. The van der Waals surface area contributed by atoms with Crippen molar-refractivity contribution in [2.45, 2.75) is 31.1 Å². The predicted octanol–water partition coefficient (Wildman–Crippen LogP) is 2.98. The van der Waals surface area contributed by atoms with E-state index < -0.39 is 10.2 Å². The van der Waals surface area contributed by atoms with Crippen LogP contribution < -0.4 is 15.0 Å². The summed E-state index contributed by atoms with van der Waals surface area (Å²) in [5.41, 5.74) is 3.17. The van der Waals surface area contributed by atoms with Gasteiger partial charge < -0.3 is 9.64 Å². The summed E-state index contributed by atoms with van der Waals surface area (Å²) < 4.78 is 5.52. The number of non-ortho nitro benzene ring substituents is 1. The summed E-state index contributed by atoms with van der Waals surface area (Å²) in [6.07, 6.45) is 1.17. The van der Waals surface area contributed by atoms with Crippen LogP contribution >= 0.6 is 11.8 Å². The molecule has 2 heterocycles. The predicted molar refractivity (Wildman–Crippen MR) is 114 cm³/mol. The van der Waals surface area contributed by atoms with E-state index in [1.165, 1.54) is 19.2 Å². The van der Waals surface area contributed by atoms with E-state index in [0.717, 1.165) is 28.5 Å². The fourth-order valence-corrected chi connectivity index (χ4v) is 4.73. The summed E-state index contributed by atoms with van der Waals surface area (Å²) >= 11 is 0.970. The van der Waals surface area contributed by atoms with Gasteiger partial charge in [-0.25, -0.2) is 0 Å². The Balaban J connectivity index is 1.68. The third kappa shape index (κ3) is 4.11. The van der Waals surface area contributed by atoms with E-state index in [2.05, 4.69) is 5.32 Å². The highest BCUT2D eigenvalue weighted by Gasteiger charge is 2.34.